The van der Waals surface area contributed by atoms with E-state index in [1.807, 2.05) is 6.92 Å². The van der Waals surface area contributed by atoms with Gasteiger partial charge in [-0.25, -0.2) is 18.7 Å². The van der Waals surface area contributed by atoms with E-state index in [2.05, 4.69) is 16.8 Å². The molecule has 0 bridgehead atoms. The molecule has 204 valence electrons. The molecule has 0 N–H and O–H groups in total. The molecule has 0 saturated carbocycles. The molecule has 3 rings (SSSR count). The fourth-order valence-electron chi connectivity index (χ4n) is 2.83. The molecule has 3 aromatic rings. The van der Waals surface area contributed by atoms with Gasteiger partial charge in [0.25, 0.3) is 0 Å². The van der Waals surface area contributed by atoms with Crippen LogP contribution in [0.4, 0.5) is 4.39 Å². The number of methoxy groups -OCH3 is 1. The number of nitrogens with zero attached hydrogens (tertiary/aromatic N) is 3. The van der Waals surface area contributed by atoms with Crippen molar-refractivity contribution < 1.29 is 28.0 Å². The van der Waals surface area contributed by atoms with Crippen molar-refractivity contribution in [3.8, 4) is 17.0 Å². The van der Waals surface area contributed by atoms with Crippen molar-refractivity contribution in [3.05, 3.63) is 88.6 Å². The second-order valence-corrected chi connectivity index (χ2v) is 8.33. The molecule has 0 aliphatic rings. The molecule has 1 aromatic carbocycles. The molecule has 38 heavy (non-hydrogen) atoms. The van der Waals surface area contributed by atoms with Crippen LogP contribution in [0.5, 0.6) is 0 Å². The van der Waals surface area contributed by atoms with Crippen LogP contribution in [0.3, 0.4) is 0 Å². The first-order valence-corrected chi connectivity index (χ1v) is 12.2. The average Bonchev–Trinajstić information content (AvgIpc) is 3.51. The lowest BCUT2D eigenvalue weighted by molar-refractivity contribution is 0.0514. The summed E-state index contributed by atoms with van der Waals surface area (Å²) in [4.78, 5) is 24.5. The van der Waals surface area contributed by atoms with E-state index < -0.39 is 11.9 Å². The minimum atomic E-state index is -0.647. The quantitative estimate of drug-likeness (QED) is 0.213. The number of ether oxygens (including phenoxy) is 2. The third kappa shape index (κ3) is 9.99. The van der Waals surface area contributed by atoms with Crippen molar-refractivity contribution in [2.45, 2.75) is 34.1 Å². The fraction of sp³-hybridized carbons (Fsp3) is 0.259. The zero-order chi connectivity index (χ0) is 28.7. The van der Waals surface area contributed by atoms with Crippen LogP contribution in [-0.2, 0) is 9.47 Å². The molecule has 11 heteroatoms. The van der Waals surface area contributed by atoms with Crippen LogP contribution in [0, 0.1) is 0 Å². The molecule has 2 aromatic heterocycles. The van der Waals surface area contributed by atoms with Crippen LogP contribution < -0.4 is 0 Å². The first-order chi connectivity index (χ1) is 18.1. The second-order valence-electron chi connectivity index (χ2n) is 7.25. The Kier molecular flexibility index (Phi) is 14.4. The Morgan fingerprint density at radius 1 is 1.24 bits per heavy atom. The maximum Gasteiger partial charge on any atom is 0.357 e. The van der Waals surface area contributed by atoms with Crippen molar-refractivity contribution in [2.75, 3.05) is 13.7 Å². The maximum absolute atomic E-state index is 12.6. The molecule has 0 radical (unpaired) electrons. The van der Waals surface area contributed by atoms with Gasteiger partial charge >= 0.3 is 11.9 Å². The van der Waals surface area contributed by atoms with Crippen molar-refractivity contribution >= 4 is 35.1 Å². The maximum atomic E-state index is 12.6. The number of esters is 2. The summed E-state index contributed by atoms with van der Waals surface area (Å²) >= 11 is 11.1. The topological polar surface area (TPSA) is 96.5 Å². The number of carbonyl (C=O) groups is 2. The molecular formula is C27H30Cl2FN3O5. The van der Waals surface area contributed by atoms with Crippen LogP contribution in [0.2, 0.25) is 5.02 Å². The molecular weight excluding hydrogens is 536 g/mol. The average molecular weight is 566 g/mol. The summed E-state index contributed by atoms with van der Waals surface area (Å²) in [5.74, 6) is -1.36. The van der Waals surface area contributed by atoms with Crippen LogP contribution in [0.1, 0.15) is 55.0 Å². The summed E-state index contributed by atoms with van der Waals surface area (Å²) in [5, 5.41) is 8.97. The third-order valence-corrected chi connectivity index (χ3v) is 4.47. The van der Waals surface area contributed by atoms with E-state index in [4.69, 9.17) is 37.2 Å². The summed E-state index contributed by atoms with van der Waals surface area (Å²) < 4.78 is 28.6. The van der Waals surface area contributed by atoms with Gasteiger partial charge < -0.3 is 14.0 Å². The van der Waals surface area contributed by atoms with Gasteiger partial charge in [-0.3, -0.25) is 0 Å². The summed E-state index contributed by atoms with van der Waals surface area (Å²) in [7, 11) is 1.24. The van der Waals surface area contributed by atoms with Gasteiger partial charge in [0.05, 0.1) is 37.4 Å². The predicted molar refractivity (Wildman–Crippen MR) is 146 cm³/mol. The molecule has 0 aliphatic carbocycles. The van der Waals surface area contributed by atoms with Crippen LogP contribution in [-0.4, -0.2) is 40.6 Å². The highest BCUT2D eigenvalue weighted by atomic mass is 35.5. The molecule has 0 amide bonds. The summed E-state index contributed by atoms with van der Waals surface area (Å²) in [6, 6.07) is 6.79. The number of hydrogen-bond donors (Lipinski definition) is 0. The standard InChI is InChI=1S/C17H14ClN3O5.C7H11F.C3H5Cl/c1-3-25-17(23)14-12(15-13(9-20-26-15)16(22)24-2)8-19-21(14)11-6-4-5-10(18)7-11;1-3-5-7(8)6-4-2;1-3(2)4/h4-9H,3H2,1-2H3;3,5-6H,4H2,1-2H3;1H2,2H3/b;5-3-,7-6-;. The monoisotopic (exact) mass is 565 g/mol. The molecule has 0 atom stereocenters. The molecule has 0 unspecified atom stereocenters. The SMILES string of the molecule is C/C=C\C(F)=C\CC.C=C(C)Cl.CCOC(=O)c1c(-c2oncc2C(=O)OC)cnn1-c1cccc(Cl)c1. The van der Waals surface area contributed by atoms with E-state index in [0.29, 0.717) is 15.7 Å². The lowest BCUT2D eigenvalue weighted by atomic mass is 10.1. The number of benzene rings is 1. The van der Waals surface area contributed by atoms with Gasteiger partial charge in [0.2, 0.25) is 0 Å². The zero-order valence-electron chi connectivity index (χ0n) is 21.8. The lowest BCUT2D eigenvalue weighted by Crippen LogP contribution is -2.13. The predicted octanol–water partition coefficient (Wildman–Crippen LogP) is 7.73. The number of hydrogen-bond acceptors (Lipinski definition) is 7. The van der Waals surface area contributed by atoms with Crippen molar-refractivity contribution in [1.29, 1.82) is 0 Å². The largest absolute Gasteiger partial charge is 0.465 e. The lowest BCUT2D eigenvalue weighted by Gasteiger charge is -2.09. The molecule has 0 saturated heterocycles. The van der Waals surface area contributed by atoms with Gasteiger partial charge in [0.15, 0.2) is 11.5 Å². The van der Waals surface area contributed by atoms with Gasteiger partial charge in [-0.15, -0.1) is 0 Å². The number of carbonyl (C=O) groups excluding carboxylic acids is 2. The Hall–Kier alpha value is -3.69. The van der Waals surface area contributed by atoms with E-state index in [1.165, 1.54) is 30.3 Å². The van der Waals surface area contributed by atoms with Gasteiger partial charge in [0, 0.05) is 10.1 Å². The van der Waals surface area contributed by atoms with Gasteiger partial charge in [-0.05, 0) is 57.5 Å². The normalized spacial score (nSPS) is 10.7. The first kappa shape index (κ1) is 32.3. The highest BCUT2D eigenvalue weighted by Gasteiger charge is 2.28. The minimum absolute atomic E-state index is 0.0631. The molecule has 0 fully saturated rings. The van der Waals surface area contributed by atoms with Crippen LogP contribution in [0.15, 0.2) is 76.8 Å². The zero-order valence-corrected chi connectivity index (χ0v) is 23.3. The Bertz CT molecular complexity index is 1280. The number of halogens is 3. The summed E-state index contributed by atoms with van der Waals surface area (Å²) in [6.45, 7) is 10.6. The Morgan fingerprint density at radius 3 is 2.47 bits per heavy atom. The highest BCUT2D eigenvalue weighted by molar-refractivity contribution is 6.30. The number of rotatable bonds is 7. The van der Waals surface area contributed by atoms with E-state index in [9.17, 15) is 14.0 Å². The Balaban J connectivity index is 0.000000504. The first-order valence-electron chi connectivity index (χ1n) is 11.4. The minimum Gasteiger partial charge on any atom is -0.465 e. The van der Waals surface area contributed by atoms with Crippen LogP contribution in [0.25, 0.3) is 17.0 Å². The highest BCUT2D eigenvalue weighted by Crippen LogP contribution is 2.30. The summed E-state index contributed by atoms with van der Waals surface area (Å²) in [5.41, 5.74) is 0.951. The van der Waals surface area contributed by atoms with E-state index in [-0.39, 0.29) is 35.0 Å². The number of allylic oxidation sites excluding steroid dienone is 5. The van der Waals surface area contributed by atoms with Crippen LogP contribution >= 0.6 is 23.2 Å². The van der Waals surface area contributed by atoms with Gasteiger partial charge in [0.1, 0.15) is 11.4 Å². The van der Waals surface area contributed by atoms with Gasteiger partial charge in [-0.2, -0.15) is 5.10 Å². The molecule has 2 heterocycles. The summed E-state index contributed by atoms with van der Waals surface area (Å²) in [6.07, 6.45) is 8.04. The molecule has 8 nitrogen and oxygen atoms in total. The van der Waals surface area contributed by atoms with E-state index in [0.717, 1.165) is 6.42 Å². The fourth-order valence-corrected chi connectivity index (χ4v) is 3.01. The van der Waals surface area contributed by atoms with Gasteiger partial charge in [-0.1, -0.05) is 54.0 Å². The molecule has 0 spiro atoms. The molecule has 0 aliphatic heterocycles. The Labute approximate surface area is 231 Å². The Morgan fingerprint density at radius 2 is 1.92 bits per heavy atom. The third-order valence-electron chi connectivity index (χ3n) is 4.24. The van der Waals surface area contributed by atoms with E-state index in [1.54, 1.807) is 57.2 Å². The van der Waals surface area contributed by atoms with E-state index >= 15 is 0 Å². The smallest absolute Gasteiger partial charge is 0.357 e. The number of aromatic nitrogens is 3. The second kappa shape index (κ2) is 16.9. The van der Waals surface area contributed by atoms with Crippen molar-refractivity contribution in [1.82, 2.24) is 14.9 Å². The van der Waals surface area contributed by atoms with Crippen molar-refractivity contribution in [2.24, 2.45) is 0 Å². The van der Waals surface area contributed by atoms with Crippen molar-refractivity contribution in [3.63, 3.8) is 0 Å².